The highest BCUT2D eigenvalue weighted by Crippen LogP contribution is 2.29. The first-order valence-electron chi connectivity index (χ1n) is 5.52. The number of hydrogen-bond acceptors (Lipinski definition) is 2. The Morgan fingerprint density at radius 1 is 1.31 bits per heavy atom. The second kappa shape index (κ2) is 4.18. The van der Waals surface area contributed by atoms with Gasteiger partial charge in [0.15, 0.2) is 0 Å². The van der Waals surface area contributed by atoms with Crippen molar-refractivity contribution in [1.82, 2.24) is 9.88 Å². The minimum absolute atomic E-state index is 0.380. The minimum atomic E-state index is 0.380. The SMILES string of the molecule is Cc1cc(O)c2c(CCN(C)C)c[nH]c2c1. The first kappa shape index (κ1) is 11.0. The van der Waals surface area contributed by atoms with Crippen molar-refractivity contribution >= 4 is 10.9 Å². The zero-order valence-electron chi connectivity index (χ0n) is 10.0. The van der Waals surface area contributed by atoms with Crippen LogP contribution in [0.3, 0.4) is 0 Å². The van der Waals surface area contributed by atoms with Crippen molar-refractivity contribution in [2.75, 3.05) is 20.6 Å². The van der Waals surface area contributed by atoms with Crippen molar-refractivity contribution in [1.29, 1.82) is 0 Å². The molecule has 3 heteroatoms. The van der Waals surface area contributed by atoms with Crippen molar-refractivity contribution < 1.29 is 5.11 Å². The van der Waals surface area contributed by atoms with Gasteiger partial charge in [0, 0.05) is 23.6 Å². The Labute approximate surface area is 95.7 Å². The van der Waals surface area contributed by atoms with E-state index >= 15 is 0 Å². The Balaban J connectivity index is 2.40. The summed E-state index contributed by atoms with van der Waals surface area (Å²) in [6, 6.07) is 3.88. The summed E-state index contributed by atoms with van der Waals surface area (Å²) >= 11 is 0. The number of aromatic nitrogens is 1. The van der Waals surface area contributed by atoms with E-state index in [1.165, 1.54) is 5.56 Å². The normalized spacial score (nSPS) is 11.5. The van der Waals surface area contributed by atoms with Gasteiger partial charge in [0.05, 0.1) is 0 Å². The highest BCUT2D eigenvalue weighted by molar-refractivity contribution is 5.89. The number of benzene rings is 1. The number of fused-ring (bicyclic) bond motifs is 1. The molecule has 0 aliphatic rings. The Bertz CT molecular complexity index is 500. The van der Waals surface area contributed by atoms with Crippen LogP contribution in [0.1, 0.15) is 11.1 Å². The monoisotopic (exact) mass is 218 g/mol. The standard InChI is InChI=1S/C13H18N2O/c1-9-6-11-13(12(16)7-9)10(8-14-11)4-5-15(2)3/h6-8,14,16H,4-5H2,1-3H3. The molecule has 2 rings (SSSR count). The van der Waals surface area contributed by atoms with Crippen LogP contribution in [0.25, 0.3) is 10.9 Å². The summed E-state index contributed by atoms with van der Waals surface area (Å²) in [6.45, 7) is 2.97. The molecule has 0 saturated carbocycles. The first-order chi connectivity index (χ1) is 7.58. The van der Waals surface area contributed by atoms with Crippen molar-refractivity contribution in [2.24, 2.45) is 0 Å². The molecule has 0 fully saturated rings. The number of phenolic OH excluding ortho intramolecular Hbond substituents is 1. The molecule has 0 bridgehead atoms. The number of rotatable bonds is 3. The van der Waals surface area contributed by atoms with Gasteiger partial charge in [-0.2, -0.15) is 0 Å². The van der Waals surface area contributed by atoms with Crippen LogP contribution in [0.5, 0.6) is 5.75 Å². The molecule has 1 aromatic heterocycles. The molecule has 0 aliphatic carbocycles. The molecule has 3 nitrogen and oxygen atoms in total. The Morgan fingerprint density at radius 3 is 2.75 bits per heavy atom. The number of nitrogens with one attached hydrogen (secondary N) is 1. The van der Waals surface area contributed by atoms with E-state index in [2.05, 4.69) is 30.0 Å². The zero-order chi connectivity index (χ0) is 11.7. The molecule has 2 N–H and O–H groups in total. The van der Waals surface area contributed by atoms with Crippen LogP contribution >= 0.6 is 0 Å². The number of likely N-dealkylation sites (N-methyl/N-ethyl adjacent to an activating group) is 1. The smallest absolute Gasteiger partial charge is 0.125 e. The fourth-order valence-electron chi connectivity index (χ4n) is 2.00. The number of phenols is 1. The first-order valence-corrected chi connectivity index (χ1v) is 5.52. The molecule has 0 atom stereocenters. The van der Waals surface area contributed by atoms with Crippen LogP contribution in [0, 0.1) is 6.92 Å². The summed E-state index contributed by atoms with van der Waals surface area (Å²) in [6.07, 6.45) is 2.94. The molecular formula is C13H18N2O. The summed E-state index contributed by atoms with van der Waals surface area (Å²) in [5, 5.41) is 10.9. The van der Waals surface area contributed by atoms with Gasteiger partial charge < -0.3 is 15.0 Å². The summed E-state index contributed by atoms with van der Waals surface area (Å²) < 4.78 is 0. The lowest BCUT2D eigenvalue weighted by Crippen LogP contribution is -2.14. The number of nitrogens with zero attached hydrogens (tertiary/aromatic N) is 1. The lowest BCUT2D eigenvalue weighted by atomic mass is 10.1. The van der Waals surface area contributed by atoms with Crippen LogP contribution < -0.4 is 0 Å². The molecule has 0 amide bonds. The van der Waals surface area contributed by atoms with Gasteiger partial charge in [0.1, 0.15) is 5.75 Å². The maximum absolute atomic E-state index is 9.95. The molecule has 86 valence electrons. The predicted octanol–water partition coefficient (Wildman–Crippen LogP) is 2.29. The zero-order valence-corrected chi connectivity index (χ0v) is 10.0. The Morgan fingerprint density at radius 2 is 2.06 bits per heavy atom. The molecule has 0 unspecified atom stereocenters. The molecule has 0 radical (unpaired) electrons. The fraction of sp³-hybridized carbons (Fsp3) is 0.385. The third-order valence-corrected chi connectivity index (χ3v) is 2.81. The van der Waals surface area contributed by atoms with Crippen molar-refractivity contribution in [2.45, 2.75) is 13.3 Å². The van der Waals surface area contributed by atoms with Gasteiger partial charge in [-0.3, -0.25) is 0 Å². The predicted molar refractivity (Wildman–Crippen MR) is 67.0 cm³/mol. The van der Waals surface area contributed by atoms with E-state index in [0.717, 1.165) is 29.4 Å². The van der Waals surface area contributed by atoms with Crippen LogP contribution in [0.4, 0.5) is 0 Å². The topological polar surface area (TPSA) is 39.3 Å². The quantitative estimate of drug-likeness (QED) is 0.829. The van der Waals surface area contributed by atoms with E-state index in [1.54, 1.807) is 0 Å². The molecule has 1 heterocycles. The number of hydrogen-bond donors (Lipinski definition) is 2. The van der Waals surface area contributed by atoms with E-state index in [-0.39, 0.29) is 0 Å². The van der Waals surface area contributed by atoms with E-state index in [4.69, 9.17) is 0 Å². The number of aromatic amines is 1. The van der Waals surface area contributed by atoms with Crippen molar-refractivity contribution in [3.05, 3.63) is 29.5 Å². The van der Waals surface area contributed by atoms with Gasteiger partial charge in [-0.05, 0) is 50.7 Å². The van der Waals surface area contributed by atoms with Gasteiger partial charge in [-0.25, -0.2) is 0 Å². The molecule has 16 heavy (non-hydrogen) atoms. The van der Waals surface area contributed by atoms with Crippen LogP contribution in [-0.4, -0.2) is 35.6 Å². The van der Waals surface area contributed by atoms with Gasteiger partial charge in [0.25, 0.3) is 0 Å². The Kier molecular flexibility index (Phi) is 2.88. The number of aromatic hydroxyl groups is 1. The van der Waals surface area contributed by atoms with Gasteiger partial charge in [-0.1, -0.05) is 0 Å². The van der Waals surface area contributed by atoms with Gasteiger partial charge in [0.2, 0.25) is 0 Å². The lowest BCUT2D eigenvalue weighted by Gasteiger charge is -2.08. The maximum atomic E-state index is 9.95. The van der Waals surface area contributed by atoms with Crippen LogP contribution in [0.2, 0.25) is 0 Å². The van der Waals surface area contributed by atoms with Gasteiger partial charge >= 0.3 is 0 Å². The third-order valence-electron chi connectivity index (χ3n) is 2.81. The van der Waals surface area contributed by atoms with Crippen LogP contribution in [-0.2, 0) is 6.42 Å². The summed E-state index contributed by atoms with van der Waals surface area (Å²) in [5.74, 6) is 0.380. The fourth-order valence-corrected chi connectivity index (χ4v) is 2.00. The maximum Gasteiger partial charge on any atom is 0.125 e. The van der Waals surface area contributed by atoms with E-state index in [1.807, 2.05) is 19.2 Å². The minimum Gasteiger partial charge on any atom is -0.507 e. The number of aryl methyl sites for hydroxylation is 1. The average molecular weight is 218 g/mol. The summed E-state index contributed by atoms with van der Waals surface area (Å²) in [5.41, 5.74) is 3.28. The van der Waals surface area contributed by atoms with E-state index in [0.29, 0.717) is 5.75 Å². The second-order valence-electron chi connectivity index (χ2n) is 4.57. The second-order valence-corrected chi connectivity index (χ2v) is 4.57. The molecular weight excluding hydrogens is 200 g/mol. The molecule has 0 saturated heterocycles. The van der Waals surface area contributed by atoms with Crippen molar-refractivity contribution in [3.8, 4) is 5.75 Å². The molecule has 1 aromatic carbocycles. The highest BCUT2D eigenvalue weighted by Gasteiger charge is 2.08. The van der Waals surface area contributed by atoms with Gasteiger partial charge in [-0.15, -0.1) is 0 Å². The van der Waals surface area contributed by atoms with E-state index in [9.17, 15) is 5.11 Å². The molecule has 0 spiro atoms. The third kappa shape index (κ3) is 2.04. The highest BCUT2D eigenvalue weighted by atomic mass is 16.3. The van der Waals surface area contributed by atoms with E-state index < -0.39 is 0 Å². The lowest BCUT2D eigenvalue weighted by molar-refractivity contribution is 0.414. The van der Waals surface area contributed by atoms with Crippen LogP contribution in [0.15, 0.2) is 18.3 Å². The Hall–Kier alpha value is -1.48. The molecule has 0 aliphatic heterocycles. The summed E-state index contributed by atoms with van der Waals surface area (Å²) in [4.78, 5) is 5.36. The van der Waals surface area contributed by atoms with Crippen molar-refractivity contribution in [3.63, 3.8) is 0 Å². The average Bonchev–Trinajstić information content (AvgIpc) is 2.57. The number of H-pyrrole nitrogens is 1. The summed E-state index contributed by atoms with van der Waals surface area (Å²) in [7, 11) is 4.11. The largest absolute Gasteiger partial charge is 0.507 e. The molecule has 2 aromatic rings.